The highest BCUT2D eigenvalue weighted by Gasteiger charge is 2.30. The third kappa shape index (κ3) is 4.84. The van der Waals surface area contributed by atoms with Gasteiger partial charge in [0.1, 0.15) is 5.82 Å². The summed E-state index contributed by atoms with van der Waals surface area (Å²) < 4.78 is 37.4. The Morgan fingerprint density at radius 3 is 2.56 bits per heavy atom. The monoisotopic (exact) mass is 375 g/mol. The molecule has 0 bridgehead atoms. The van der Waals surface area contributed by atoms with E-state index < -0.39 is 17.8 Å². The summed E-state index contributed by atoms with van der Waals surface area (Å²) in [5, 5.41) is 9.13. The van der Waals surface area contributed by atoms with Gasteiger partial charge in [-0.25, -0.2) is 9.78 Å². The number of pyridine rings is 2. The zero-order chi connectivity index (χ0) is 19.3. The fourth-order valence-electron chi connectivity index (χ4n) is 2.40. The number of amides is 2. The van der Waals surface area contributed by atoms with Crippen LogP contribution in [0.2, 0.25) is 0 Å². The number of nitrogens with one attached hydrogen (secondary N) is 3. The Kier molecular flexibility index (Phi) is 5.39. The molecule has 0 aliphatic rings. The minimum absolute atomic E-state index is 0.257. The average molecular weight is 375 g/mol. The Bertz CT molecular complexity index is 923. The smallest absolute Gasteiger partial charge is 0.368 e. The highest BCUT2D eigenvalue weighted by molar-refractivity contribution is 5.99. The Hall–Kier alpha value is -3.36. The summed E-state index contributed by atoms with van der Waals surface area (Å²) >= 11 is 0. The molecule has 3 rings (SSSR count). The highest BCUT2D eigenvalue weighted by Crippen LogP contribution is 2.28. The van der Waals surface area contributed by atoms with E-state index in [2.05, 4.69) is 25.9 Å². The van der Waals surface area contributed by atoms with Gasteiger partial charge in [0.05, 0.1) is 16.8 Å². The molecule has 0 aliphatic carbocycles. The van der Waals surface area contributed by atoms with E-state index in [-0.39, 0.29) is 6.54 Å². The summed E-state index contributed by atoms with van der Waals surface area (Å²) in [6, 6.07) is 11.0. The number of rotatable bonds is 5. The number of halogens is 3. The molecule has 0 fully saturated rings. The number of urea groups is 1. The largest absolute Gasteiger partial charge is 0.417 e. The van der Waals surface area contributed by atoms with Gasteiger partial charge in [-0.15, -0.1) is 0 Å². The molecule has 0 radical (unpaired) electrons. The van der Waals surface area contributed by atoms with Gasteiger partial charge in [-0.05, 0) is 24.3 Å². The number of benzene rings is 1. The Balaban J connectivity index is 1.47. The zero-order valence-electron chi connectivity index (χ0n) is 14.0. The second kappa shape index (κ2) is 7.90. The fraction of sp³-hybridized carbons (Fsp3) is 0.167. The number of carbonyl (C=O) groups excluding carboxylic acids is 1. The Morgan fingerprint density at radius 1 is 1.00 bits per heavy atom. The molecule has 2 aromatic heterocycles. The van der Waals surface area contributed by atoms with Crippen molar-refractivity contribution in [3.8, 4) is 0 Å². The topological polar surface area (TPSA) is 78.9 Å². The zero-order valence-corrected chi connectivity index (χ0v) is 14.0. The molecule has 0 atom stereocenters. The van der Waals surface area contributed by atoms with E-state index in [0.717, 1.165) is 17.6 Å². The van der Waals surface area contributed by atoms with Gasteiger partial charge in [0.25, 0.3) is 0 Å². The number of hydrogen-bond acceptors (Lipinski definition) is 4. The molecule has 27 heavy (non-hydrogen) atoms. The first kappa shape index (κ1) is 18.4. The lowest BCUT2D eigenvalue weighted by atomic mass is 10.2. The van der Waals surface area contributed by atoms with Crippen molar-refractivity contribution in [1.82, 2.24) is 15.3 Å². The van der Waals surface area contributed by atoms with Gasteiger partial charge < -0.3 is 16.0 Å². The van der Waals surface area contributed by atoms with E-state index in [4.69, 9.17) is 0 Å². The van der Waals surface area contributed by atoms with Gasteiger partial charge in [0.15, 0.2) is 0 Å². The van der Waals surface area contributed by atoms with Crippen LogP contribution in [0.4, 0.5) is 29.5 Å². The van der Waals surface area contributed by atoms with Crippen molar-refractivity contribution in [1.29, 1.82) is 0 Å². The van der Waals surface area contributed by atoms with Gasteiger partial charge >= 0.3 is 12.2 Å². The molecule has 0 aliphatic heterocycles. The normalized spacial score (nSPS) is 11.2. The molecule has 6 nitrogen and oxygen atoms in total. The van der Waals surface area contributed by atoms with Gasteiger partial charge in [-0.1, -0.05) is 18.2 Å². The lowest BCUT2D eigenvalue weighted by molar-refractivity contribution is -0.137. The molecule has 3 N–H and O–H groups in total. The summed E-state index contributed by atoms with van der Waals surface area (Å²) in [6.45, 7) is 0.562. The number of carbonyl (C=O) groups is 1. The predicted octanol–water partition coefficient (Wildman–Crippen LogP) is 3.88. The molecule has 0 spiro atoms. The number of fused-ring (bicyclic) bond motifs is 1. The molecule has 140 valence electrons. The van der Waals surface area contributed by atoms with Crippen LogP contribution in [-0.4, -0.2) is 29.1 Å². The third-order valence-electron chi connectivity index (χ3n) is 3.69. The predicted molar refractivity (Wildman–Crippen MR) is 96.5 cm³/mol. The summed E-state index contributed by atoms with van der Waals surface area (Å²) in [4.78, 5) is 20.0. The van der Waals surface area contributed by atoms with E-state index in [0.29, 0.717) is 23.6 Å². The fourth-order valence-corrected chi connectivity index (χ4v) is 2.40. The first-order chi connectivity index (χ1) is 12.9. The second-order valence-corrected chi connectivity index (χ2v) is 5.62. The van der Waals surface area contributed by atoms with Gasteiger partial charge in [0, 0.05) is 30.9 Å². The van der Waals surface area contributed by atoms with Crippen molar-refractivity contribution in [3.63, 3.8) is 0 Å². The van der Waals surface area contributed by atoms with E-state index >= 15 is 0 Å². The minimum atomic E-state index is -4.42. The summed E-state index contributed by atoms with van der Waals surface area (Å²) in [6.07, 6.45) is -2.01. The van der Waals surface area contributed by atoms with E-state index in [1.807, 2.05) is 24.3 Å². The van der Waals surface area contributed by atoms with Crippen molar-refractivity contribution in [2.75, 3.05) is 23.7 Å². The van der Waals surface area contributed by atoms with Crippen molar-refractivity contribution in [2.24, 2.45) is 0 Å². The van der Waals surface area contributed by atoms with Crippen LogP contribution in [0.3, 0.4) is 0 Å². The molecule has 0 saturated heterocycles. The quantitative estimate of drug-likeness (QED) is 0.592. The number of hydrogen-bond donors (Lipinski definition) is 3. The maximum Gasteiger partial charge on any atom is 0.417 e. The molecular formula is C18H16F3N5O. The number of para-hydroxylation sites is 1. The summed E-state index contributed by atoms with van der Waals surface area (Å²) in [5.41, 5.74) is 0.458. The van der Waals surface area contributed by atoms with Gasteiger partial charge in [-0.3, -0.25) is 4.98 Å². The Morgan fingerprint density at radius 2 is 1.81 bits per heavy atom. The SMILES string of the molecule is O=C(NCCNc1ccc(C(F)(F)F)cn1)Nc1cccc2cccnc12. The van der Waals surface area contributed by atoms with Gasteiger partial charge in [-0.2, -0.15) is 13.2 Å². The van der Waals surface area contributed by atoms with Crippen LogP contribution < -0.4 is 16.0 Å². The third-order valence-corrected chi connectivity index (χ3v) is 3.69. The van der Waals surface area contributed by atoms with Crippen molar-refractivity contribution >= 4 is 28.4 Å². The number of aromatic nitrogens is 2. The molecule has 3 aromatic rings. The number of nitrogens with zero attached hydrogens (tertiary/aromatic N) is 2. The Labute approximate surface area is 152 Å². The lowest BCUT2D eigenvalue weighted by Gasteiger charge is -2.11. The van der Waals surface area contributed by atoms with Crippen LogP contribution in [0.15, 0.2) is 54.9 Å². The van der Waals surface area contributed by atoms with E-state index in [1.165, 1.54) is 6.07 Å². The van der Waals surface area contributed by atoms with Crippen molar-refractivity contribution < 1.29 is 18.0 Å². The van der Waals surface area contributed by atoms with Crippen LogP contribution in [0.5, 0.6) is 0 Å². The number of anilines is 2. The first-order valence-corrected chi connectivity index (χ1v) is 8.09. The minimum Gasteiger partial charge on any atom is -0.368 e. The molecular weight excluding hydrogens is 359 g/mol. The van der Waals surface area contributed by atoms with Crippen LogP contribution in [0.25, 0.3) is 10.9 Å². The molecule has 2 amide bonds. The maximum atomic E-state index is 12.5. The maximum absolute atomic E-state index is 12.5. The van der Waals surface area contributed by atoms with Gasteiger partial charge in [0.2, 0.25) is 0 Å². The van der Waals surface area contributed by atoms with Crippen LogP contribution in [0.1, 0.15) is 5.56 Å². The highest BCUT2D eigenvalue weighted by atomic mass is 19.4. The molecule has 9 heteroatoms. The summed E-state index contributed by atoms with van der Waals surface area (Å²) in [7, 11) is 0. The molecule has 0 unspecified atom stereocenters. The second-order valence-electron chi connectivity index (χ2n) is 5.62. The molecule has 0 saturated carbocycles. The first-order valence-electron chi connectivity index (χ1n) is 8.09. The van der Waals surface area contributed by atoms with Crippen molar-refractivity contribution in [3.05, 3.63) is 60.4 Å². The molecule has 2 heterocycles. The number of alkyl halides is 3. The van der Waals surface area contributed by atoms with Crippen LogP contribution in [-0.2, 0) is 6.18 Å². The van der Waals surface area contributed by atoms with Crippen LogP contribution in [0, 0.1) is 0 Å². The van der Waals surface area contributed by atoms with Crippen LogP contribution >= 0.6 is 0 Å². The summed E-state index contributed by atoms with van der Waals surface area (Å²) in [5.74, 6) is 0.295. The molecule has 1 aromatic carbocycles. The van der Waals surface area contributed by atoms with E-state index in [1.54, 1.807) is 12.3 Å². The standard InChI is InChI=1S/C18H16F3N5O/c19-18(20,21)13-6-7-15(25-11-13)22-9-10-24-17(27)26-14-5-1-3-12-4-2-8-23-16(12)14/h1-8,11H,9-10H2,(H,22,25)(H2,24,26,27). The average Bonchev–Trinajstić information content (AvgIpc) is 2.65. The van der Waals surface area contributed by atoms with Crippen molar-refractivity contribution in [2.45, 2.75) is 6.18 Å². The van der Waals surface area contributed by atoms with E-state index in [9.17, 15) is 18.0 Å². The lowest BCUT2D eigenvalue weighted by Crippen LogP contribution is -2.32.